The monoisotopic (exact) mass is 451 g/mol. The average Bonchev–Trinajstić information content (AvgIpc) is 2.63. The van der Waals surface area contributed by atoms with E-state index < -0.39 is 42.8 Å². The Labute approximate surface area is 175 Å². The van der Waals surface area contributed by atoms with Gasteiger partial charge in [-0.15, -0.1) is 0 Å². The minimum absolute atomic E-state index is 0.123. The number of hydrogen-bond donors (Lipinski definition) is 2. The second-order valence-corrected chi connectivity index (χ2v) is 7.95. The van der Waals surface area contributed by atoms with Crippen LogP contribution in [0.4, 0.5) is 22.4 Å². The van der Waals surface area contributed by atoms with Crippen molar-refractivity contribution in [2.75, 3.05) is 19.7 Å². The van der Waals surface area contributed by atoms with Gasteiger partial charge in [0.1, 0.15) is 18.5 Å². The molecule has 2 N–H and O–H groups in total. The highest BCUT2D eigenvalue weighted by Crippen LogP contribution is 2.41. The molecule has 11 heteroatoms. The lowest BCUT2D eigenvalue weighted by atomic mass is 9.75. The molecule has 2 atom stereocenters. The molecule has 1 aromatic rings. The van der Waals surface area contributed by atoms with Gasteiger partial charge in [0, 0.05) is 13.1 Å². The smallest absolute Gasteiger partial charge is 0.369 e. The normalized spacial score (nSPS) is 25.3. The lowest BCUT2D eigenvalue weighted by Gasteiger charge is -2.42. The summed E-state index contributed by atoms with van der Waals surface area (Å²) in [6, 6.07) is 2.27. The molecule has 1 aliphatic heterocycles. The maximum atomic E-state index is 13.6. The molecule has 2 fully saturated rings. The second-order valence-electron chi connectivity index (χ2n) is 7.54. The van der Waals surface area contributed by atoms with E-state index in [4.69, 9.17) is 16.3 Å². The maximum absolute atomic E-state index is 13.6. The van der Waals surface area contributed by atoms with Crippen molar-refractivity contribution in [1.82, 2.24) is 15.5 Å². The second kappa shape index (κ2) is 8.97. The Hall–Kier alpha value is -2.07. The molecule has 0 radical (unpaired) electrons. The highest BCUT2D eigenvalue weighted by molar-refractivity contribution is 6.30. The van der Waals surface area contributed by atoms with Gasteiger partial charge in [0.25, 0.3) is 0 Å². The van der Waals surface area contributed by atoms with E-state index in [9.17, 15) is 27.2 Å². The van der Waals surface area contributed by atoms with Crippen LogP contribution in [0.3, 0.4) is 0 Å². The molecule has 0 aromatic heterocycles. The van der Waals surface area contributed by atoms with Crippen LogP contribution in [0.1, 0.15) is 31.4 Å². The number of urea groups is 1. The number of ether oxygens (including phenoxy) is 1. The molecular weight excluding hydrogens is 430 g/mol. The Morgan fingerprint density at radius 1 is 1.40 bits per heavy atom. The van der Waals surface area contributed by atoms with Crippen molar-refractivity contribution < 1.29 is 31.9 Å². The van der Waals surface area contributed by atoms with Crippen LogP contribution in [0.25, 0.3) is 0 Å². The number of nitrogens with zero attached hydrogens (tertiary/aromatic N) is 1. The zero-order chi connectivity index (χ0) is 22.1. The summed E-state index contributed by atoms with van der Waals surface area (Å²) in [4.78, 5) is 26.0. The molecule has 1 heterocycles. The maximum Gasteiger partial charge on any atom is 0.411 e. The first-order valence-corrected chi connectivity index (χ1v) is 9.91. The summed E-state index contributed by atoms with van der Waals surface area (Å²) in [5, 5.41) is 5.38. The highest BCUT2D eigenvalue weighted by atomic mass is 35.5. The first kappa shape index (κ1) is 22.6. The SMILES string of the molecule is C[C@@H]1C(=O)NCCN1C(=O)NC(c1ccc(F)c(Cl)c1)C1CC(OCC(F)(F)F)C1. The number of nitrogens with one attached hydrogen (secondary N) is 2. The largest absolute Gasteiger partial charge is 0.411 e. The number of alkyl halides is 3. The van der Waals surface area contributed by atoms with Crippen molar-refractivity contribution >= 4 is 23.5 Å². The van der Waals surface area contributed by atoms with Crippen LogP contribution >= 0.6 is 11.6 Å². The van der Waals surface area contributed by atoms with Gasteiger partial charge in [0.15, 0.2) is 0 Å². The van der Waals surface area contributed by atoms with Crippen LogP contribution in [0.15, 0.2) is 18.2 Å². The van der Waals surface area contributed by atoms with E-state index in [-0.39, 0.29) is 16.8 Å². The average molecular weight is 452 g/mol. The van der Waals surface area contributed by atoms with Gasteiger partial charge < -0.3 is 20.3 Å². The fourth-order valence-electron chi connectivity index (χ4n) is 3.68. The quantitative estimate of drug-likeness (QED) is 0.674. The zero-order valence-corrected chi connectivity index (χ0v) is 16.9. The van der Waals surface area contributed by atoms with E-state index in [1.807, 2.05) is 0 Å². The van der Waals surface area contributed by atoms with E-state index in [1.54, 1.807) is 6.92 Å². The Bertz CT molecular complexity index is 802. The third-order valence-corrected chi connectivity index (χ3v) is 5.72. The number of halogens is 5. The third-order valence-electron chi connectivity index (χ3n) is 5.43. The summed E-state index contributed by atoms with van der Waals surface area (Å²) in [6.07, 6.45) is -4.39. The van der Waals surface area contributed by atoms with E-state index in [0.29, 0.717) is 31.5 Å². The number of benzene rings is 1. The summed E-state index contributed by atoms with van der Waals surface area (Å²) in [6.45, 7) is 0.907. The lowest BCUT2D eigenvalue weighted by Crippen LogP contribution is -2.59. The third kappa shape index (κ3) is 5.34. The summed E-state index contributed by atoms with van der Waals surface area (Å²) in [7, 11) is 0. The van der Waals surface area contributed by atoms with Crippen molar-refractivity contribution in [1.29, 1.82) is 0 Å². The van der Waals surface area contributed by atoms with Crippen molar-refractivity contribution in [3.8, 4) is 0 Å². The van der Waals surface area contributed by atoms with E-state index in [1.165, 1.54) is 23.1 Å². The molecule has 166 valence electrons. The predicted molar refractivity (Wildman–Crippen MR) is 100 cm³/mol. The van der Waals surface area contributed by atoms with E-state index >= 15 is 0 Å². The molecular formula is C19H22ClF4N3O3. The van der Waals surface area contributed by atoms with Gasteiger partial charge >= 0.3 is 12.2 Å². The Balaban J connectivity index is 1.71. The molecule has 0 bridgehead atoms. The van der Waals surface area contributed by atoms with Crippen molar-refractivity contribution in [3.05, 3.63) is 34.6 Å². The van der Waals surface area contributed by atoms with E-state index in [0.717, 1.165) is 0 Å². The van der Waals surface area contributed by atoms with Crippen LogP contribution in [0.2, 0.25) is 5.02 Å². The molecule has 6 nitrogen and oxygen atoms in total. The Morgan fingerprint density at radius 3 is 2.73 bits per heavy atom. The van der Waals surface area contributed by atoms with Gasteiger partial charge in [0.05, 0.1) is 17.2 Å². The minimum atomic E-state index is -4.41. The van der Waals surface area contributed by atoms with Crippen LogP contribution in [-0.2, 0) is 9.53 Å². The molecule has 1 saturated carbocycles. The van der Waals surface area contributed by atoms with Crippen LogP contribution < -0.4 is 10.6 Å². The molecule has 3 amide bonds. The van der Waals surface area contributed by atoms with Gasteiger partial charge in [-0.2, -0.15) is 13.2 Å². The van der Waals surface area contributed by atoms with Crippen LogP contribution in [0.5, 0.6) is 0 Å². The lowest BCUT2D eigenvalue weighted by molar-refractivity contribution is -0.198. The van der Waals surface area contributed by atoms with E-state index in [2.05, 4.69) is 10.6 Å². The minimum Gasteiger partial charge on any atom is -0.369 e. The molecule has 0 spiro atoms. The molecule has 3 rings (SSSR count). The fraction of sp³-hybridized carbons (Fsp3) is 0.579. The van der Waals surface area contributed by atoms with Crippen LogP contribution in [0, 0.1) is 11.7 Å². The van der Waals surface area contributed by atoms with Gasteiger partial charge in [-0.3, -0.25) is 4.79 Å². The fourth-order valence-corrected chi connectivity index (χ4v) is 3.87. The number of carbonyl (C=O) groups is 2. The predicted octanol–water partition coefficient (Wildman–Crippen LogP) is 3.41. The van der Waals surface area contributed by atoms with Gasteiger partial charge in [-0.1, -0.05) is 17.7 Å². The van der Waals surface area contributed by atoms with Crippen molar-refractivity contribution in [2.45, 2.75) is 44.1 Å². The summed E-state index contributed by atoms with van der Waals surface area (Å²) < 4.78 is 55.5. The molecule has 1 unspecified atom stereocenters. The summed E-state index contributed by atoms with van der Waals surface area (Å²) in [5.41, 5.74) is 0.531. The molecule has 1 aromatic carbocycles. The number of piperazine rings is 1. The Morgan fingerprint density at radius 2 is 2.10 bits per heavy atom. The topological polar surface area (TPSA) is 70.7 Å². The molecule has 2 aliphatic rings. The summed E-state index contributed by atoms with van der Waals surface area (Å²) in [5.74, 6) is -1.11. The van der Waals surface area contributed by atoms with Crippen molar-refractivity contribution in [2.24, 2.45) is 5.92 Å². The number of carbonyl (C=O) groups excluding carboxylic acids is 2. The van der Waals surface area contributed by atoms with Gasteiger partial charge in [-0.25, -0.2) is 9.18 Å². The van der Waals surface area contributed by atoms with Crippen molar-refractivity contribution in [3.63, 3.8) is 0 Å². The number of rotatable bonds is 5. The molecule has 30 heavy (non-hydrogen) atoms. The Kier molecular flexibility index (Phi) is 6.76. The molecule has 1 saturated heterocycles. The zero-order valence-electron chi connectivity index (χ0n) is 16.1. The van der Waals surface area contributed by atoms with Gasteiger partial charge in [-0.05, 0) is 43.4 Å². The number of amides is 3. The first-order chi connectivity index (χ1) is 14.0. The summed E-state index contributed by atoms with van der Waals surface area (Å²) >= 11 is 5.88. The first-order valence-electron chi connectivity index (χ1n) is 9.53. The highest BCUT2D eigenvalue weighted by Gasteiger charge is 2.41. The number of hydrogen-bond acceptors (Lipinski definition) is 3. The van der Waals surface area contributed by atoms with Gasteiger partial charge in [0.2, 0.25) is 5.91 Å². The van der Waals surface area contributed by atoms with Crippen LogP contribution in [-0.4, -0.2) is 54.9 Å². The molecule has 1 aliphatic carbocycles. The standard InChI is InChI=1S/C19H22ClF4N3O3/c1-10-17(28)25-4-5-27(10)18(29)26-16(11-2-3-15(21)14(20)8-11)12-6-13(7-12)30-9-19(22,23)24/h2-3,8,10,12-13,16H,4-7,9H2,1H3,(H,25,28)(H,26,29)/t10-,12?,13?,16?/m1/s1.